The Morgan fingerprint density at radius 1 is 1.13 bits per heavy atom. The lowest BCUT2D eigenvalue weighted by molar-refractivity contribution is 0.232. The Hall–Kier alpha value is -2.08. The molecule has 0 N–H and O–H groups in total. The number of anilines is 1. The molecule has 3 heterocycles. The van der Waals surface area contributed by atoms with Gasteiger partial charge in [-0.1, -0.05) is 0 Å². The summed E-state index contributed by atoms with van der Waals surface area (Å²) in [6, 6.07) is 6.05. The largest absolute Gasteiger partial charge is 0.475 e. The van der Waals surface area contributed by atoms with E-state index in [1.807, 2.05) is 43.8 Å². The minimum absolute atomic E-state index is 0.0943. The SMILES string of the molecule is Cc1ccnn1-c1cc(OC(C)C)nc(N2CCN(C)CC2)c1. The standard InChI is InChI=1S/C17H25N5O/c1-13(2)23-17-12-15(22-14(3)5-6-18-22)11-16(19-17)21-9-7-20(4)8-10-21/h5-6,11-13H,7-10H2,1-4H3. The molecule has 1 fully saturated rings. The molecule has 2 aromatic rings. The van der Waals surface area contributed by atoms with Gasteiger partial charge in [0.25, 0.3) is 0 Å². The maximum Gasteiger partial charge on any atom is 0.217 e. The van der Waals surface area contributed by atoms with Crippen molar-refractivity contribution in [2.24, 2.45) is 0 Å². The molecule has 0 unspecified atom stereocenters. The van der Waals surface area contributed by atoms with Crippen LogP contribution in [0.2, 0.25) is 0 Å². The lowest BCUT2D eigenvalue weighted by Crippen LogP contribution is -2.44. The van der Waals surface area contributed by atoms with Crippen molar-refractivity contribution in [3.63, 3.8) is 0 Å². The Bertz CT molecular complexity index is 659. The minimum atomic E-state index is 0.0943. The summed E-state index contributed by atoms with van der Waals surface area (Å²) in [6.07, 6.45) is 1.91. The molecule has 1 saturated heterocycles. The summed E-state index contributed by atoms with van der Waals surface area (Å²) in [7, 11) is 2.15. The lowest BCUT2D eigenvalue weighted by Gasteiger charge is -2.33. The predicted octanol–water partition coefficient (Wildman–Crippen LogP) is 2.11. The molecule has 0 bridgehead atoms. The summed E-state index contributed by atoms with van der Waals surface area (Å²) in [4.78, 5) is 9.36. The van der Waals surface area contributed by atoms with Crippen molar-refractivity contribution < 1.29 is 4.74 Å². The number of piperazine rings is 1. The molecule has 6 nitrogen and oxygen atoms in total. The predicted molar refractivity (Wildman–Crippen MR) is 91.6 cm³/mol. The second-order valence-electron chi connectivity index (χ2n) is 6.36. The van der Waals surface area contributed by atoms with Crippen molar-refractivity contribution in [1.82, 2.24) is 19.7 Å². The lowest BCUT2D eigenvalue weighted by atomic mass is 10.3. The molecule has 23 heavy (non-hydrogen) atoms. The summed E-state index contributed by atoms with van der Waals surface area (Å²) in [5, 5.41) is 4.41. The number of ether oxygens (including phenoxy) is 1. The second-order valence-corrected chi connectivity index (χ2v) is 6.36. The molecule has 0 aromatic carbocycles. The Balaban J connectivity index is 1.96. The number of hydrogen-bond donors (Lipinski definition) is 0. The van der Waals surface area contributed by atoms with E-state index in [1.54, 1.807) is 0 Å². The fourth-order valence-corrected chi connectivity index (χ4v) is 2.74. The van der Waals surface area contributed by atoms with Crippen molar-refractivity contribution >= 4 is 5.82 Å². The maximum absolute atomic E-state index is 5.86. The zero-order valence-electron chi connectivity index (χ0n) is 14.4. The van der Waals surface area contributed by atoms with Gasteiger partial charge in [-0.15, -0.1) is 0 Å². The quantitative estimate of drug-likeness (QED) is 0.865. The fourth-order valence-electron chi connectivity index (χ4n) is 2.74. The summed E-state index contributed by atoms with van der Waals surface area (Å²) >= 11 is 0. The van der Waals surface area contributed by atoms with Crippen LogP contribution in [0.3, 0.4) is 0 Å². The van der Waals surface area contributed by atoms with Crippen molar-refractivity contribution in [2.45, 2.75) is 26.9 Å². The molecule has 3 rings (SSSR count). The van der Waals surface area contributed by atoms with Crippen LogP contribution in [0, 0.1) is 6.92 Å². The number of aryl methyl sites for hydroxylation is 1. The molecule has 124 valence electrons. The van der Waals surface area contributed by atoms with Crippen LogP contribution in [0.4, 0.5) is 5.82 Å². The van der Waals surface area contributed by atoms with Gasteiger partial charge >= 0.3 is 0 Å². The number of rotatable bonds is 4. The van der Waals surface area contributed by atoms with Gasteiger partial charge in [0.05, 0.1) is 11.8 Å². The third-order valence-corrected chi connectivity index (χ3v) is 4.03. The van der Waals surface area contributed by atoms with Gasteiger partial charge < -0.3 is 14.5 Å². The summed E-state index contributed by atoms with van der Waals surface area (Å²) in [5.74, 6) is 1.61. The fraction of sp³-hybridized carbons (Fsp3) is 0.529. The van der Waals surface area contributed by atoms with Crippen molar-refractivity contribution in [1.29, 1.82) is 0 Å². The molecule has 1 aliphatic rings. The first-order chi connectivity index (χ1) is 11.0. The van der Waals surface area contributed by atoms with Gasteiger partial charge in [0.1, 0.15) is 5.82 Å². The van der Waals surface area contributed by atoms with Crippen LogP contribution in [-0.4, -0.2) is 59.0 Å². The number of likely N-dealkylation sites (N-methyl/N-ethyl adjacent to an activating group) is 1. The molecular weight excluding hydrogens is 290 g/mol. The highest BCUT2D eigenvalue weighted by Gasteiger charge is 2.18. The average molecular weight is 315 g/mol. The number of hydrogen-bond acceptors (Lipinski definition) is 5. The molecule has 0 radical (unpaired) electrons. The third-order valence-electron chi connectivity index (χ3n) is 4.03. The van der Waals surface area contributed by atoms with Crippen LogP contribution < -0.4 is 9.64 Å². The van der Waals surface area contributed by atoms with Crippen LogP contribution in [0.25, 0.3) is 5.69 Å². The molecule has 2 aromatic heterocycles. The molecule has 0 aliphatic carbocycles. The zero-order chi connectivity index (χ0) is 16.4. The first-order valence-electron chi connectivity index (χ1n) is 8.16. The van der Waals surface area contributed by atoms with Crippen molar-refractivity contribution in [3.8, 4) is 11.6 Å². The summed E-state index contributed by atoms with van der Waals surface area (Å²) in [6.45, 7) is 10.1. The second kappa shape index (κ2) is 6.58. The Labute approximate surface area is 137 Å². The molecule has 0 saturated carbocycles. The van der Waals surface area contributed by atoms with E-state index in [2.05, 4.69) is 28.0 Å². The maximum atomic E-state index is 5.86. The Morgan fingerprint density at radius 2 is 1.87 bits per heavy atom. The number of pyridine rings is 1. The van der Waals surface area contributed by atoms with E-state index in [1.165, 1.54) is 0 Å². The van der Waals surface area contributed by atoms with Gasteiger partial charge in [-0.25, -0.2) is 4.68 Å². The highest BCUT2D eigenvalue weighted by Crippen LogP contribution is 2.24. The van der Waals surface area contributed by atoms with Gasteiger partial charge in [0.15, 0.2) is 0 Å². The van der Waals surface area contributed by atoms with E-state index >= 15 is 0 Å². The number of aromatic nitrogens is 3. The van der Waals surface area contributed by atoms with Crippen molar-refractivity contribution in [3.05, 3.63) is 30.1 Å². The molecule has 0 amide bonds. The van der Waals surface area contributed by atoms with Crippen LogP contribution in [-0.2, 0) is 0 Å². The molecule has 1 aliphatic heterocycles. The molecule has 6 heteroatoms. The van der Waals surface area contributed by atoms with Gasteiger partial charge in [-0.3, -0.25) is 0 Å². The van der Waals surface area contributed by atoms with E-state index in [-0.39, 0.29) is 6.10 Å². The van der Waals surface area contributed by atoms with Gasteiger partial charge in [0, 0.05) is 50.2 Å². The Morgan fingerprint density at radius 3 is 2.48 bits per heavy atom. The minimum Gasteiger partial charge on any atom is -0.475 e. The Kier molecular flexibility index (Phi) is 4.52. The monoisotopic (exact) mass is 315 g/mol. The highest BCUT2D eigenvalue weighted by atomic mass is 16.5. The van der Waals surface area contributed by atoms with E-state index in [4.69, 9.17) is 9.72 Å². The van der Waals surface area contributed by atoms with Crippen LogP contribution >= 0.6 is 0 Å². The zero-order valence-corrected chi connectivity index (χ0v) is 14.4. The first-order valence-corrected chi connectivity index (χ1v) is 8.16. The van der Waals surface area contributed by atoms with Crippen LogP contribution in [0.5, 0.6) is 5.88 Å². The highest BCUT2D eigenvalue weighted by molar-refractivity contribution is 5.51. The van der Waals surface area contributed by atoms with Gasteiger partial charge in [0.2, 0.25) is 5.88 Å². The van der Waals surface area contributed by atoms with Gasteiger partial charge in [-0.05, 0) is 33.9 Å². The van der Waals surface area contributed by atoms with E-state index in [0.717, 1.165) is 43.4 Å². The topological polar surface area (TPSA) is 46.4 Å². The summed E-state index contributed by atoms with van der Waals surface area (Å²) < 4.78 is 7.78. The van der Waals surface area contributed by atoms with Crippen molar-refractivity contribution in [2.75, 3.05) is 38.1 Å². The van der Waals surface area contributed by atoms with Crippen LogP contribution in [0.15, 0.2) is 24.4 Å². The normalized spacial score (nSPS) is 16.1. The van der Waals surface area contributed by atoms with E-state index in [9.17, 15) is 0 Å². The smallest absolute Gasteiger partial charge is 0.217 e. The number of nitrogens with zero attached hydrogens (tertiary/aromatic N) is 5. The first kappa shape index (κ1) is 15.8. The molecule has 0 atom stereocenters. The van der Waals surface area contributed by atoms with Gasteiger partial charge in [-0.2, -0.15) is 10.1 Å². The van der Waals surface area contributed by atoms with E-state index in [0.29, 0.717) is 5.88 Å². The van der Waals surface area contributed by atoms with E-state index < -0.39 is 0 Å². The molecule has 0 spiro atoms. The third kappa shape index (κ3) is 3.64. The summed E-state index contributed by atoms with van der Waals surface area (Å²) in [5.41, 5.74) is 2.09. The molecular formula is C17H25N5O. The van der Waals surface area contributed by atoms with Crippen LogP contribution in [0.1, 0.15) is 19.5 Å². The average Bonchev–Trinajstić information content (AvgIpc) is 2.93.